The van der Waals surface area contributed by atoms with Gasteiger partial charge in [0.2, 0.25) is 5.95 Å². The van der Waals surface area contributed by atoms with Crippen LogP contribution in [0.15, 0.2) is 83.9 Å². The molecule has 0 radical (unpaired) electrons. The van der Waals surface area contributed by atoms with Crippen LogP contribution >= 0.6 is 0 Å². The second kappa shape index (κ2) is 9.73. The predicted molar refractivity (Wildman–Crippen MR) is 158 cm³/mol. The molecule has 6 aromatic rings. The molecule has 200 valence electrons. The molecule has 0 atom stereocenters. The summed E-state index contributed by atoms with van der Waals surface area (Å²) in [5, 5.41) is 4.44. The summed E-state index contributed by atoms with van der Waals surface area (Å²) in [5.74, 6) is 1.01. The lowest BCUT2D eigenvalue weighted by Crippen LogP contribution is -2.48. The zero-order valence-corrected chi connectivity index (χ0v) is 22.4. The molecule has 0 spiro atoms. The Bertz CT molecular complexity index is 1890. The number of fused-ring (bicyclic) bond motifs is 4. The first-order valence-corrected chi connectivity index (χ1v) is 13.5. The topological polar surface area (TPSA) is 96.5 Å². The van der Waals surface area contributed by atoms with E-state index in [-0.39, 0.29) is 5.56 Å². The molecule has 10 nitrogen and oxygen atoms in total. The van der Waals surface area contributed by atoms with Gasteiger partial charge in [-0.1, -0.05) is 18.2 Å². The van der Waals surface area contributed by atoms with Crippen LogP contribution in [0.2, 0.25) is 0 Å². The first-order valence-electron chi connectivity index (χ1n) is 13.5. The minimum atomic E-state index is -0.254. The largest absolute Gasteiger partial charge is 0.369 e. The molecule has 0 amide bonds. The van der Waals surface area contributed by atoms with Gasteiger partial charge in [-0.25, -0.2) is 19.6 Å². The van der Waals surface area contributed by atoms with E-state index in [2.05, 4.69) is 56.0 Å². The molecular weight excluding hydrogens is 502 g/mol. The van der Waals surface area contributed by atoms with Gasteiger partial charge in [0.1, 0.15) is 5.39 Å². The number of para-hydroxylation sites is 1. The highest BCUT2D eigenvalue weighted by molar-refractivity contribution is 5.95. The molecule has 0 aliphatic carbocycles. The fourth-order valence-electron chi connectivity index (χ4n) is 5.43. The number of aromatic nitrogens is 6. The molecular formula is C30H29N9O. The zero-order valence-electron chi connectivity index (χ0n) is 22.4. The van der Waals surface area contributed by atoms with E-state index in [4.69, 9.17) is 4.98 Å². The Labute approximate surface area is 230 Å². The van der Waals surface area contributed by atoms with Crippen molar-refractivity contribution in [2.45, 2.75) is 19.9 Å². The normalized spacial score (nSPS) is 14.5. The van der Waals surface area contributed by atoms with Crippen molar-refractivity contribution in [1.29, 1.82) is 0 Å². The number of benzene rings is 2. The fourth-order valence-corrected chi connectivity index (χ4v) is 5.43. The molecule has 4 aromatic heterocycles. The number of rotatable bonds is 5. The summed E-state index contributed by atoms with van der Waals surface area (Å²) in [6.07, 6.45) is 3.24. The van der Waals surface area contributed by atoms with Crippen molar-refractivity contribution in [2.75, 3.05) is 36.4 Å². The molecule has 1 N–H and O–H groups in total. The Morgan fingerprint density at radius 2 is 1.60 bits per heavy atom. The number of nitrogens with one attached hydrogen (secondary N) is 1. The van der Waals surface area contributed by atoms with Gasteiger partial charge in [-0.05, 0) is 62.4 Å². The predicted octanol–water partition coefficient (Wildman–Crippen LogP) is 4.25. The van der Waals surface area contributed by atoms with Gasteiger partial charge < -0.3 is 10.2 Å². The smallest absolute Gasteiger partial charge is 0.284 e. The number of piperazine rings is 1. The van der Waals surface area contributed by atoms with Crippen LogP contribution in [0.4, 0.5) is 17.3 Å². The van der Waals surface area contributed by atoms with Crippen LogP contribution in [0, 0.1) is 0 Å². The third-order valence-corrected chi connectivity index (χ3v) is 7.58. The summed E-state index contributed by atoms with van der Waals surface area (Å²) in [5.41, 5.74) is 3.51. The third kappa shape index (κ3) is 4.13. The zero-order chi connectivity index (χ0) is 27.2. The Hall–Kier alpha value is -4.83. The molecule has 7 rings (SSSR count). The maximum absolute atomic E-state index is 13.7. The van der Waals surface area contributed by atoms with E-state index in [9.17, 15) is 4.79 Å². The second-order valence-electron chi connectivity index (χ2n) is 10.3. The SMILES string of the molecule is CC(C)N1CCN(c2ccc(Nc3ncc4c(=O)n5c(nc4n3)c3ccccc3n5-c3ccccn3)cc2)CC1. The molecule has 0 saturated carbocycles. The van der Waals surface area contributed by atoms with E-state index in [1.54, 1.807) is 15.4 Å². The van der Waals surface area contributed by atoms with Gasteiger partial charge in [-0.3, -0.25) is 9.69 Å². The summed E-state index contributed by atoms with van der Waals surface area (Å²) in [7, 11) is 0. The Balaban J connectivity index is 1.22. The summed E-state index contributed by atoms with van der Waals surface area (Å²) in [6, 6.07) is 22.3. The maximum Gasteiger partial charge on any atom is 0.284 e. The Morgan fingerprint density at radius 3 is 2.35 bits per heavy atom. The van der Waals surface area contributed by atoms with Crippen molar-refractivity contribution in [2.24, 2.45) is 0 Å². The highest BCUT2D eigenvalue weighted by Crippen LogP contribution is 2.25. The Kier molecular flexibility index (Phi) is 5.89. The number of hydrogen-bond acceptors (Lipinski definition) is 8. The first-order chi connectivity index (χ1) is 19.6. The van der Waals surface area contributed by atoms with Gasteiger partial charge in [-0.15, -0.1) is 0 Å². The second-order valence-corrected chi connectivity index (χ2v) is 10.3. The van der Waals surface area contributed by atoms with Gasteiger partial charge in [0, 0.05) is 61.4 Å². The highest BCUT2D eigenvalue weighted by atomic mass is 16.1. The summed E-state index contributed by atoms with van der Waals surface area (Å²) in [6.45, 7) is 8.68. The summed E-state index contributed by atoms with van der Waals surface area (Å²) < 4.78 is 3.33. The average molecular weight is 532 g/mol. The fraction of sp³-hybridized carbons (Fsp3) is 0.233. The molecule has 1 fully saturated rings. The number of anilines is 3. The van der Waals surface area contributed by atoms with Crippen LogP contribution in [-0.2, 0) is 0 Å². The van der Waals surface area contributed by atoms with Gasteiger partial charge >= 0.3 is 0 Å². The van der Waals surface area contributed by atoms with Crippen molar-refractivity contribution >= 4 is 44.9 Å². The highest BCUT2D eigenvalue weighted by Gasteiger charge is 2.20. The average Bonchev–Trinajstić information content (AvgIpc) is 3.33. The van der Waals surface area contributed by atoms with Gasteiger partial charge in [0.25, 0.3) is 5.56 Å². The van der Waals surface area contributed by atoms with Crippen molar-refractivity contribution < 1.29 is 0 Å². The minimum absolute atomic E-state index is 0.254. The molecule has 5 heterocycles. The lowest BCUT2D eigenvalue weighted by atomic mass is 10.2. The van der Waals surface area contributed by atoms with E-state index < -0.39 is 0 Å². The van der Waals surface area contributed by atoms with E-state index in [1.165, 1.54) is 11.9 Å². The molecule has 40 heavy (non-hydrogen) atoms. The molecule has 0 bridgehead atoms. The lowest BCUT2D eigenvalue weighted by molar-refractivity contribution is 0.209. The molecule has 1 aliphatic heterocycles. The van der Waals surface area contributed by atoms with Crippen molar-refractivity contribution in [1.82, 2.24) is 34.0 Å². The number of pyridine rings is 1. The standard InChI is InChI=1S/C30H29N9O/c1-20(2)36-15-17-37(18-16-36)22-12-10-21(11-13-22)33-30-32-19-24-27(35-30)34-28-23-7-3-4-8-25(23)38(39(28)29(24)40)26-9-5-6-14-31-26/h3-14,19-20H,15-18H2,1-2H3,(H,32,33,35). The molecule has 1 aliphatic rings. The van der Waals surface area contributed by atoms with Crippen LogP contribution in [0.25, 0.3) is 33.4 Å². The van der Waals surface area contributed by atoms with Crippen LogP contribution in [-0.4, -0.2) is 66.3 Å². The molecule has 1 saturated heterocycles. The summed E-state index contributed by atoms with van der Waals surface area (Å²) in [4.78, 5) is 37.0. The van der Waals surface area contributed by atoms with Gasteiger partial charge in [0.15, 0.2) is 17.1 Å². The van der Waals surface area contributed by atoms with Crippen LogP contribution in [0.1, 0.15) is 13.8 Å². The molecule has 0 unspecified atom stereocenters. The third-order valence-electron chi connectivity index (χ3n) is 7.58. The molecule has 10 heteroatoms. The van der Waals surface area contributed by atoms with Gasteiger partial charge in [0.05, 0.1) is 5.52 Å². The van der Waals surface area contributed by atoms with E-state index in [1.807, 2.05) is 54.6 Å². The number of nitrogens with zero attached hydrogens (tertiary/aromatic N) is 8. The van der Waals surface area contributed by atoms with Crippen LogP contribution < -0.4 is 15.8 Å². The van der Waals surface area contributed by atoms with E-state index in [0.29, 0.717) is 34.5 Å². The van der Waals surface area contributed by atoms with Crippen LogP contribution in [0.5, 0.6) is 0 Å². The van der Waals surface area contributed by atoms with Gasteiger partial charge in [-0.2, -0.15) is 9.50 Å². The Morgan fingerprint density at radius 1 is 0.825 bits per heavy atom. The van der Waals surface area contributed by atoms with Crippen molar-refractivity contribution in [3.8, 4) is 5.82 Å². The molecule has 2 aromatic carbocycles. The minimum Gasteiger partial charge on any atom is -0.369 e. The lowest BCUT2D eigenvalue weighted by Gasteiger charge is -2.38. The monoisotopic (exact) mass is 531 g/mol. The summed E-state index contributed by atoms with van der Waals surface area (Å²) >= 11 is 0. The van der Waals surface area contributed by atoms with Crippen LogP contribution in [0.3, 0.4) is 0 Å². The van der Waals surface area contributed by atoms with E-state index in [0.717, 1.165) is 42.8 Å². The first kappa shape index (κ1) is 24.2. The maximum atomic E-state index is 13.7. The quantitative estimate of drug-likeness (QED) is 0.353. The van der Waals surface area contributed by atoms with Crippen molar-refractivity contribution in [3.05, 3.63) is 89.5 Å². The number of hydrogen-bond donors (Lipinski definition) is 1. The van der Waals surface area contributed by atoms with Crippen molar-refractivity contribution in [3.63, 3.8) is 0 Å². The van der Waals surface area contributed by atoms with E-state index >= 15 is 0 Å².